The van der Waals surface area contributed by atoms with E-state index in [1.54, 1.807) is 12.7 Å². The van der Waals surface area contributed by atoms with Crippen molar-refractivity contribution in [3.05, 3.63) is 102 Å². The molecule has 2 atom stereocenters. The fourth-order valence-corrected chi connectivity index (χ4v) is 4.73. The normalized spacial score (nSPS) is 18.4. The van der Waals surface area contributed by atoms with Crippen LogP contribution in [0.2, 0.25) is 0 Å². The van der Waals surface area contributed by atoms with Gasteiger partial charge in [-0.25, -0.2) is 4.68 Å². The van der Waals surface area contributed by atoms with E-state index in [2.05, 4.69) is 80.3 Å². The van der Waals surface area contributed by atoms with E-state index in [-0.39, 0.29) is 12.1 Å². The Morgan fingerprint density at radius 3 is 2.45 bits per heavy atom. The minimum atomic E-state index is -0.0488. The number of benzene rings is 1. The molecule has 1 fully saturated rings. The van der Waals surface area contributed by atoms with Gasteiger partial charge in [-0.05, 0) is 49.8 Å². The van der Waals surface area contributed by atoms with Crippen LogP contribution in [0.3, 0.4) is 0 Å². The predicted octanol–water partition coefficient (Wildman–Crippen LogP) is 3.58. The zero-order valence-corrected chi connectivity index (χ0v) is 18.2. The highest BCUT2D eigenvalue weighted by atomic mass is 32.1. The fraction of sp³-hybridized carbons (Fsp3) is 0.217. The number of nitrogens with zero attached hydrogens (tertiary/aromatic N) is 6. The summed E-state index contributed by atoms with van der Waals surface area (Å²) in [4.78, 5) is 6.91. The molecule has 1 aromatic carbocycles. The van der Waals surface area contributed by atoms with E-state index in [0.29, 0.717) is 0 Å². The zero-order valence-electron chi connectivity index (χ0n) is 17.4. The summed E-state index contributed by atoms with van der Waals surface area (Å²) in [6.07, 6.45) is 5.25. The second kappa shape index (κ2) is 7.96. The smallest absolute Gasteiger partial charge is 0.170 e. The molecule has 4 heterocycles. The summed E-state index contributed by atoms with van der Waals surface area (Å²) < 4.78 is 4.01. The summed E-state index contributed by atoms with van der Waals surface area (Å²) in [5.41, 5.74) is 5.60. The van der Waals surface area contributed by atoms with Crippen molar-refractivity contribution < 1.29 is 0 Å². The minimum Gasteiger partial charge on any atom is -0.352 e. The number of thiocarbonyl (C=S) groups is 1. The SMILES string of the molecule is Cc1cc([C@H]2[C@@H](c3ccccn3)NC(=S)N2Cc2ccccc2)c(C)n1-n1cnnc1. The zero-order chi connectivity index (χ0) is 21.4. The molecule has 8 heteroatoms. The maximum absolute atomic E-state index is 5.81. The lowest BCUT2D eigenvalue weighted by molar-refractivity contribution is 0.309. The highest BCUT2D eigenvalue weighted by Crippen LogP contribution is 2.41. The Morgan fingerprint density at radius 1 is 1.00 bits per heavy atom. The average molecular weight is 430 g/mol. The largest absolute Gasteiger partial charge is 0.352 e. The van der Waals surface area contributed by atoms with Gasteiger partial charge in [-0.3, -0.25) is 9.66 Å². The molecular weight excluding hydrogens is 406 g/mol. The van der Waals surface area contributed by atoms with Crippen LogP contribution in [-0.2, 0) is 6.54 Å². The first-order valence-corrected chi connectivity index (χ1v) is 10.6. The van der Waals surface area contributed by atoms with Crippen molar-refractivity contribution in [3.8, 4) is 0 Å². The molecule has 1 N–H and O–H groups in total. The minimum absolute atomic E-state index is 0.000892. The van der Waals surface area contributed by atoms with Gasteiger partial charge in [-0.15, -0.1) is 10.2 Å². The molecule has 7 nitrogen and oxygen atoms in total. The first kappa shape index (κ1) is 19.4. The molecular formula is C23H23N7S. The van der Waals surface area contributed by atoms with Gasteiger partial charge in [-0.1, -0.05) is 36.4 Å². The number of aromatic nitrogens is 5. The maximum Gasteiger partial charge on any atom is 0.170 e. The quantitative estimate of drug-likeness (QED) is 0.490. The molecule has 5 rings (SSSR count). The van der Waals surface area contributed by atoms with E-state index in [1.165, 1.54) is 11.1 Å². The van der Waals surface area contributed by atoms with E-state index in [0.717, 1.165) is 28.7 Å². The molecule has 0 saturated carbocycles. The standard InChI is InChI=1S/C23H23N7S/c1-16-12-19(17(2)30(16)28-14-25-26-15-28)22-21(20-10-6-7-11-24-20)27-23(31)29(22)13-18-8-4-3-5-9-18/h3-12,14-15,21-22H,13H2,1-2H3,(H,27,31)/t21-,22+/m1/s1. The molecule has 1 saturated heterocycles. The van der Waals surface area contributed by atoms with Crippen LogP contribution in [0.4, 0.5) is 0 Å². The third kappa shape index (κ3) is 3.48. The highest BCUT2D eigenvalue weighted by molar-refractivity contribution is 7.80. The molecule has 0 amide bonds. The summed E-state index contributed by atoms with van der Waals surface area (Å²) in [5, 5.41) is 12.2. The van der Waals surface area contributed by atoms with Gasteiger partial charge in [0.1, 0.15) is 12.7 Å². The summed E-state index contributed by atoms with van der Waals surface area (Å²) in [7, 11) is 0. The van der Waals surface area contributed by atoms with Crippen LogP contribution in [0, 0.1) is 13.8 Å². The lowest BCUT2D eigenvalue weighted by Gasteiger charge is -2.28. The summed E-state index contributed by atoms with van der Waals surface area (Å²) >= 11 is 5.81. The maximum atomic E-state index is 5.81. The van der Waals surface area contributed by atoms with Gasteiger partial charge in [-0.2, -0.15) is 0 Å². The average Bonchev–Trinajstić information content (AvgIpc) is 3.49. The molecule has 0 bridgehead atoms. The van der Waals surface area contributed by atoms with Crippen LogP contribution < -0.4 is 5.32 Å². The highest BCUT2D eigenvalue weighted by Gasteiger charge is 2.41. The number of aryl methyl sites for hydroxylation is 1. The topological polar surface area (TPSA) is 63.8 Å². The van der Waals surface area contributed by atoms with Crippen molar-refractivity contribution in [2.24, 2.45) is 0 Å². The first-order valence-electron chi connectivity index (χ1n) is 10.2. The molecule has 0 radical (unpaired) electrons. The summed E-state index contributed by atoms with van der Waals surface area (Å²) in [6, 6.07) is 18.6. The molecule has 4 aromatic rings. The van der Waals surface area contributed by atoms with Crippen LogP contribution in [-0.4, -0.2) is 34.5 Å². The number of nitrogens with one attached hydrogen (secondary N) is 1. The van der Waals surface area contributed by atoms with Crippen LogP contribution >= 0.6 is 12.2 Å². The molecule has 3 aromatic heterocycles. The van der Waals surface area contributed by atoms with Crippen molar-refractivity contribution >= 4 is 17.3 Å². The van der Waals surface area contributed by atoms with E-state index < -0.39 is 0 Å². The van der Waals surface area contributed by atoms with Crippen molar-refractivity contribution in [3.63, 3.8) is 0 Å². The van der Waals surface area contributed by atoms with Gasteiger partial charge in [0.15, 0.2) is 5.11 Å². The van der Waals surface area contributed by atoms with Crippen LogP contribution in [0.1, 0.15) is 40.3 Å². The third-order valence-corrected chi connectivity index (χ3v) is 6.14. The number of hydrogen-bond donors (Lipinski definition) is 1. The summed E-state index contributed by atoms with van der Waals surface area (Å²) in [6.45, 7) is 4.94. The van der Waals surface area contributed by atoms with Gasteiger partial charge in [0, 0.05) is 29.7 Å². The van der Waals surface area contributed by atoms with E-state index >= 15 is 0 Å². The Labute approximate surface area is 186 Å². The van der Waals surface area contributed by atoms with Crippen molar-refractivity contribution in [2.45, 2.75) is 32.5 Å². The van der Waals surface area contributed by atoms with Crippen molar-refractivity contribution in [2.75, 3.05) is 0 Å². The van der Waals surface area contributed by atoms with Crippen molar-refractivity contribution in [1.29, 1.82) is 0 Å². The number of hydrogen-bond acceptors (Lipinski definition) is 4. The van der Waals surface area contributed by atoms with Gasteiger partial charge in [0.25, 0.3) is 0 Å². The Hall–Kier alpha value is -3.52. The van der Waals surface area contributed by atoms with Crippen molar-refractivity contribution in [1.82, 2.24) is 34.8 Å². The van der Waals surface area contributed by atoms with E-state index in [9.17, 15) is 0 Å². The molecule has 1 aliphatic rings. The molecule has 156 valence electrons. The second-order valence-electron chi connectivity index (χ2n) is 7.72. The Kier molecular flexibility index (Phi) is 4.99. The lowest BCUT2D eigenvalue weighted by Crippen LogP contribution is -2.29. The van der Waals surface area contributed by atoms with Crippen LogP contribution in [0.25, 0.3) is 0 Å². The van der Waals surface area contributed by atoms with E-state index in [4.69, 9.17) is 12.2 Å². The predicted molar refractivity (Wildman–Crippen MR) is 122 cm³/mol. The molecule has 0 unspecified atom stereocenters. The fourth-order valence-electron chi connectivity index (χ4n) is 4.43. The molecule has 31 heavy (non-hydrogen) atoms. The van der Waals surface area contributed by atoms with Crippen LogP contribution in [0.15, 0.2) is 73.4 Å². The summed E-state index contributed by atoms with van der Waals surface area (Å²) in [5.74, 6) is 0. The first-order chi connectivity index (χ1) is 15.1. The molecule has 1 aliphatic heterocycles. The van der Waals surface area contributed by atoms with E-state index in [1.807, 2.05) is 29.1 Å². The monoisotopic (exact) mass is 429 g/mol. The van der Waals surface area contributed by atoms with Gasteiger partial charge in [0.05, 0.1) is 17.8 Å². The Morgan fingerprint density at radius 2 is 1.74 bits per heavy atom. The lowest BCUT2D eigenvalue weighted by atomic mass is 9.96. The third-order valence-electron chi connectivity index (χ3n) is 5.78. The van der Waals surface area contributed by atoms with Gasteiger partial charge < -0.3 is 10.2 Å². The van der Waals surface area contributed by atoms with Gasteiger partial charge >= 0.3 is 0 Å². The molecule has 0 spiro atoms. The second-order valence-corrected chi connectivity index (χ2v) is 8.11. The number of rotatable bonds is 5. The molecule has 0 aliphatic carbocycles. The Bertz CT molecular complexity index is 1190. The van der Waals surface area contributed by atoms with Gasteiger partial charge in [0.2, 0.25) is 0 Å². The Balaban J connectivity index is 1.62. The van der Waals surface area contributed by atoms with Crippen LogP contribution in [0.5, 0.6) is 0 Å². The number of pyridine rings is 1.